The van der Waals surface area contributed by atoms with Crippen LogP contribution in [0.1, 0.15) is 5.56 Å². The number of carbonyl (C=O) groups excluding carboxylic acids is 2. The summed E-state index contributed by atoms with van der Waals surface area (Å²) in [5, 5.41) is 2.76. The fraction of sp³-hybridized carbons (Fsp3) is 0.294. The molecule has 0 aliphatic rings. The van der Waals surface area contributed by atoms with Crippen molar-refractivity contribution in [2.24, 2.45) is 0 Å². The van der Waals surface area contributed by atoms with Crippen molar-refractivity contribution in [1.82, 2.24) is 9.80 Å². The third-order valence-corrected chi connectivity index (χ3v) is 2.99. The molecular formula is C17H23N3O2. The van der Waals surface area contributed by atoms with Crippen LogP contribution in [0.2, 0.25) is 0 Å². The highest BCUT2D eigenvalue weighted by molar-refractivity contribution is 5.89. The van der Waals surface area contributed by atoms with Gasteiger partial charge in [-0.2, -0.15) is 0 Å². The van der Waals surface area contributed by atoms with Gasteiger partial charge in [-0.3, -0.25) is 4.79 Å². The van der Waals surface area contributed by atoms with Crippen LogP contribution in [0.15, 0.2) is 49.6 Å². The van der Waals surface area contributed by atoms with Crippen molar-refractivity contribution >= 4 is 17.6 Å². The van der Waals surface area contributed by atoms with Crippen molar-refractivity contribution in [3.63, 3.8) is 0 Å². The first-order valence-corrected chi connectivity index (χ1v) is 7.04. The van der Waals surface area contributed by atoms with Gasteiger partial charge >= 0.3 is 6.03 Å². The van der Waals surface area contributed by atoms with E-state index in [0.29, 0.717) is 18.8 Å². The van der Waals surface area contributed by atoms with E-state index >= 15 is 0 Å². The number of amides is 3. The van der Waals surface area contributed by atoms with Crippen molar-refractivity contribution in [1.29, 1.82) is 0 Å². The molecule has 1 aromatic rings. The Balaban J connectivity index is 2.76. The Morgan fingerprint density at radius 1 is 1.18 bits per heavy atom. The van der Waals surface area contributed by atoms with Crippen molar-refractivity contribution in [2.45, 2.75) is 6.42 Å². The first-order valence-electron chi connectivity index (χ1n) is 7.04. The highest BCUT2D eigenvalue weighted by Gasteiger charge is 2.12. The molecule has 22 heavy (non-hydrogen) atoms. The van der Waals surface area contributed by atoms with E-state index < -0.39 is 0 Å². The van der Waals surface area contributed by atoms with Gasteiger partial charge in [-0.25, -0.2) is 4.79 Å². The van der Waals surface area contributed by atoms with Crippen molar-refractivity contribution in [3.8, 4) is 0 Å². The molecular weight excluding hydrogens is 278 g/mol. The number of anilines is 1. The van der Waals surface area contributed by atoms with Gasteiger partial charge in [0, 0.05) is 32.9 Å². The van der Waals surface area contributed by atoms with Crippen LogP contribution in [0.5, 0.6) is 0 Å². The molecule has 0 radical (unpaired) electrons. The Labute approximate surface area is 131 Å². The Hall–Kier alpha value is -2.56. The lowest BCUT2D eigenvalue weighted by Gasteiger charge is -2.19. The van der Waals surface area contributed by atoms with E-state index in [1.165, 1.54) is 4.90 Å². The molecule has 0 aliphatic heterocycles. The molecule has 5 heteroatoms. The van der Waals surface area contributed by atoms with Gasteiger partial charge in [-0.05, 0) is 17.7 Å². The second kappa shape index (κ2) is 8.67. The van der Waals surface area contributed by atoms with Crippen LogP contribution in [0.3, 0.4) is 0 Å². The van der Waals surface area contributed by atoms with Crippen LogP contribution in [0, 0.1) is 0 Å². The van der Waals surface area contributed by atoms with E-state index in [-0.39, 0.29) is 18.4 Å². The third-order valence-electron chi connectivity index (χ3n) is 2.99. The van der Waals surface area contributed by atoms with Gasteiger partial charge in [0.1, 0.15) is 0 Å². The van der Waals surface area contributed by atoms with Crippen molar-refractivity contribution < 1.29 is 9.59 Å². The van der Waals surface area contributed by atoms with Gasteiger partial charge in [0.15, 0.2) is 0 Å². The molecule has 0 atom stereocenters. The summed E-state index contributed by atoms with van der Waals surface area (Å²) >= 11 is 0. The molecule has 1 rings (SSSR count). The van der Waals surface area contributed by atoms with E-state index in [1.807, 2.05) is 12.1 Å². The second-order valence-electron chi connectivity index (χ2n) is 5.08. The fourth-order valence-corrected chi connectivity index (χ4v) is 1.87. The van der Waals surface area contributed by atoms with Gasteiger partial charge in [-0.15, -0.1) is 13.2 Å². The molecule has 118 valence electrons. The summed E-state index contributed by atoms with van der Waals surface area (Å²) in [4.78, 5) is 27.0. The maximum absolute atomic E-state index is 12.3. The van der Waals surface area contributed by atoms with Crippen LogP contribution >= 0.6 is 0 Å². The van der Waals surface area contributed by atoms with E-state index in [2.05, 4.69) is 18.5 Å². The molecule has 0 bridgehead atoms. The predicted octanol–water partition coefficient (Wildman–Crippen LogP) is 2.52. The first kappa shape index (κ1) is 17.5. The molecule has 0 spiro atoms. The zero-order valence-electron chi connectivity index (χ0n) is 13.2. The van der Waals surface area contributed by atoms with Gasteiger partial charge in [-0.1, -0.05) is 24.3 Å². The molecule has 5 nitrogen and oxygen atoms in total. The SMILES string of the molecule is C=CCN(CC=C)C(=O)Cc1cccc(NC(=O)N(C)C)c1. The van der Waals surface area contributed by atoms with E-state index in [1.54, 1.807) is 43.3 Å². The molecule has 0 aliphatic carbocycles. The van der Waals surface area contributed by atoms with Crippen LogP contribution in [0.25, 0.3) is 0 Å². The van der Waals surface area contributed by atoms with Gasteiger partial charge in [0.05, 0.1) is 6.42 Å². The van der Waals surface area contributed by atoms with Crippen LogP contribution in [-0.4, -0.2) is 48.9 Å². The number of benzene rings is 1. The quantitative estimate of drug-likeness (QED) is 0.787. The zero-order valence-corrected chi connectivity index (χ0v) is 13.2. The fourth-order valence-electron chi connectivity index (χ4n) is 1.87. The highest BCUT2D eigenvalue weighted by atomic mass is 16.2. The Kier molecular flexibility index (Phi) is 6.89. The number of hydrogen-bond donors (Lipinski definition) is 1. The summed E-state index contributed by atoms with van der Waals surface area (Å²) in [6.45, 7) is 8.29. The molecule has 0 fully saturated rings. The number of nitrogens with zero attached hydrogens (tertiary/aromatic N) is 2. The lowest BCUT2D eigenvalue weighted by atomic mass is 10.1. The van der Waals surface area contributed by atoms with Gasteiger partial charge < -0.3 is 15.1 Å². The maximum atomic E-state index is 12.3. The minimum absolute atomic E-state index is 0.00381. The molecule has 0 unspecified atom stereocenters. The number of nitrogens with one attached hydrogen (secondary N) is 1. The van der Waals surface area contributed by atoms with Crippen LogP contribution < -0.4 is 5.32 Å². The molecule has 1 N–H and O–H groups in total. The zero-order chi connectivity index (χ0) is 16.5. The van der Waals surface area contributed by atoms with Crippen LogP contribution in [-0.2, 0) is 11.2 Å². The highest BCUT2D eigenvalue weighted by Crippen LogP contribution is 2.12. The van der Waals surface area contributed by atoms with Crippen LogP contribution in [0.4, 0.5) is 10.5 Å². The predicted molar refractivity (Wildman–Crippen MR) is 89.8 cm³/mol. The summed E-state index contributed by atoms with van der Waals surface area (Å²) in [5.41, 5.74) is 1.52. The Morgan fingerprint density at radius 3 is 2.36 bits per heavy atom. The lowest BCUT2D eigenvalue weighted by molar-refractivity contribution is -0.129. The molecule has 0 saturated heterocycles. The van der Waals surface area contributed by atoms with E-state index in [0.717, 1.165) is 5.56 Å². The third kappa shape index (κ3) is 5.44. The molecule has 3 amide bonds. The van der Waals surface area contributed by atoms with E-state index in [4.69, 9.17) is 0 Å². The summed E-state index contributed by atoms with van der Waals surface area (Å²) in [6, 6.07) is 7.07. The van der Waals surface area contributed by atoms with E-state index in [9.17, 15) is 9.59 Å². The standard InChI is InChI=1S/C17H23N3O2/c1-5-10-20(11-6-2)16(21)13-14-8-7-9-15(12-14)18-17(22)19(3)4/h5-9,12H,1-2,10-11,13H2,3-4H3,(H,18,22). The summed E-state index contributed by atoms with van der Waals surface area (Å²) in [6.07, 6.45) is 3.65. The van der Waals surface area contributed by atoms with Gasteiger partial charge in [0.25, 0.3) is 0 Å². The Morgan fingerprint density at radius 2 is 1.82 bits per heavy atom. The van der Waals surface area contributed by atoms with Crippen molar-refractivity contribution in [2.75, 3.05) is 32.5 Å². The first-order chi connectivity index (χ1) is 10.5. The average Bonchev–Trinajstić information content (AvgIpc) is 2.47. The number of rotatable bonds is 7. The monoisotopic (exact) mass is 301 g/mol. The number of carbonyl (C=O) groups is 2. The minimum Gasteiger partial charge on any atom is -0.335 e. The maximum Gasteiger partial charge on any atom is 0.321 e. The normalized spacial score (nSPS) is 9.73. The Bertz CT molecular complexity index is 543. The molecule has 1 aromatic carbocycles. The summed E-state index contributed by atoms with van der Waals surface area (Å²) < 4.78 is 0. The molecule has 0 aromatic heterocycles. The summed E-state index contributed by atoms with van der Waals surface area (Å²) in [7, 11) is 3.34. The smallest absolute Gasteiger partial charge is 0.321 e. The number of urea groups is 1. The largest absolute Gasteiger partial charge is 0.335 e. The second-order valence-corrected chi connectivity index (χ2v) is 5.08. The van der Waals surface area contributed by atoms with Crippen molar-refractivity contribution in [3.05, 3.63) is 55.1 Å². The lowest BCUT2D eigenvalue weighted by Crippen LogP contribution is -2.32. The number of hydrogen-bond acceptors (Lipinski definition) is 2. The molecule has 0 heterocycles. The topological polar surface area (TPSA) is 52.7 Å². The molecule has 0 saturated carbocycles. The summed E-state index contributed by atoms with van der Waals surface area (Å²) in [5.74, 6) is -0.00381. The van der Waals surface area contributed by atoms with Gasteiger partial charge in [0.2, 0.25) is 5.91 Å². The minimum atomic E-state index is -0.205. The average molecular weight is 301 g/mol.